The highest BCUT2D eigenvalue weighted by Crippen LogP contribution is 2.19. The van der Waals surface area contributed by atoms with Crippen molar-refractivity contribution in [3.05, 3.63) is 65.0 Å². The Kier molecular flexibility index (Phi) is 7.16. The zero-order valence-electron chi connectivity index (χ0n) is 15.6. The zero-order chi connectivity index (χ0) is 19.1. The van der Waals surface area contributed by atoms with Gasteiger partial charge in [-0.2, -0.15) is 0 Å². The quantitative estimate of drug-likeness (QED) is 0.756. The molecule has 0 saturated carbocycles. The van der Waals surface area contributed by atoms with Crippen LogP contribution in [0.25, 0.3) is 0 Å². The first-order valence-electron chi connectivity index (χ1n) is 8.85. The number of nitrogens with one attached hydrogen (secondary N) is 1. The van der Waals surface area contributed by atoms with Gasteiger partial charge in [0.1, 0.15) is 0 Å². The van der Waals surface area contributed by atoms with Crippen molar-refractivity contribution in [2.45, 2.75) is 38.6 Å². The minimum Gasteiger partial charge on any atom is -0.494 e. The SMILES string of the molecule is COc1ccc(CCC(=O)NCC(N)c2ccc(C(C)C)cc2)cc1F. The van der Waals surface area contributed by atoms with E-state index in [4.69, 9.17) is 10.5 Å². The van der Waals surface area contributed by atoms with Crippen LogP contribution in [0.15, 0.2) is 42.5 Å². The summed E-state index contributed by atoms with van der Waals surface area (Å²) < 4.78 is 18.5. The summed E-state index contributed by atoms with van der Waals surface area (Å²) in [5.41, 5.74) is 9.16. The topological polar surface area (TPSA) is 64.3 Å². The van der Waals surface area contributed by atoms with Gasteiger partial charge in [0, 0.05) is 19.0 Å². The Morgan fingerprint density at radius 3 is 2.38 bits per heavy atom. The molecule has 2 aromatic rings. The molecule has 140 valence electrons. The standard InChI is InChI=1S/C21H27FN2O2/c1-14(2)16-6-8-17(9-7-16)19(23)13-24-21(25)11-5-15-4-10-20(26-3)18(22)12-15/h4,6-10,12,14,19H,5,11,13,23H2,1-3H3,(H,24,25). The minimum atomic E-state index is -0.419. The monoisotopic (exact) mass is 358 g/mol. The molecule has 0 fully saturated rings. The fourth-order valence-electron chi connectivity index (χ4n) is 2.68. The molecule has 0 aliphatic rings. The van der Waals surface area contributed by atoms with E-state index < -0.39 is 5.82 Å². The second kappa shape index (κ2) is 9.34. The first kappa shape index (κ1) is 19.9. The van der Waals surface area contributed by atoms with Crippen LogP contribution in [0.1, 0.15) is 48.9 Å². The molecule has 3 N–H and O–H groups in total. The fourth-order valence-corrected chi connectivity index (χ4v) is 2.68. The van der Waals surface area contributed by atoms with Gasteiger partial charge in [0.2, 0.25) is 5.91 Å². The largest absolute Gasteiger partial charge is 0.494 e. The third-order valence-electron chi connectivity index (χ3n) is 4.41. The first-order valence-corrected chi connectivity index (χ1v) is 8.85. The van der Waals surface area contributed by atoms with Crippen molar-refractivity contribution in [3.63, 3.8) is 0 Å². The van der Waals surface area contributed by atoms with E-state index in [1.807, 2.05) is 12.1 Å². The van der Waals surface area contributed by atoms with Gasteiger partial charge in [-0.3, -0.25) is 4.79 Å². The number of hydrogen-bond donors (Lipinski definition) is 2. The molecule has 1 amide bonds. The molecule has 2 rings (SSSR count). The Morgan fingerprint density at radius 1 is 1.15 bits per heavy atom. The highest BCUT2D eigenvalue weighted by Gasteiger charge is 2.10. The normalized spacial score (nSPS) is 12.1. The lowest BCUT2D eigenvalue weighted by Crippen LogP contribution is -2.32. The van der Waals surface area contributed by atoms with Crippen molar-refractivity contribution in [2.24, 2.45) is 5.73 Å². The Labute approximate surface area is 154 Å². The molecule has 4 nitrogen and oxygen atoms in total. The van der Waals surface area contributed by atoms with E-state index in [0.29, 0.717) is 18.9 Å². The van der Waals surface area contributed by atoms with Gasteiger partial charge in [-0.15, -0.1) is 0 Å². The van der Waals surface area contributed by atoms with E-state index in [2.05, 4.69) is 31.3 Å². The van der Waals surface area contributed by atoms with Gasteiger partial charge in [0.05, 0.1) is 7.11 Å². The maximum Gasteiger partial charge on any atom is 0.220 e. The molecule has 2 aromatic carbocycles. The molecule has 1 atom stereocenters. The van der Waals surface area contributed by atoms with E-state index in [-0.39, 0.29) is 24.1 Å². The minimum absolute atomic E-state index is 0.101. The first-order chi connectivity index (χ1) is 12.4. The second-order valence-corrected chi connectivity index (χ2v) is 6.70. The lowest BCUT2D eigenvalue weighted by Gasteiger charge is -2.14. The van der Waals surface area contributed by atoms with Crippen LogP contribution in [0.4, 0.5) is 4.39 Å². The molecule has 0 saturated heterocycles. The number of carbonyl (C=O) groups excluding carboxylic acids is 1. The number of hydrogen-bond acceptors (Lipinski definition) is 3. The highest BCUT2D eigenvalue weighted by molar-refractivity contribution is 5.76. The van der Waals surface area contributed by atoms with Crippen LogP contribution < -0.4 is 15.8 Å². The average Bonchev–Trinajstić information content (AvgIpc) is 2.64. The molecule has 26 heavy (non-hydrogen) atoms. The molecular formula is C21H27FN2O2. The van der Waals surface area contributed by atoms with Crippen molar-refractivity contribution in [1.29, 1.82) is 0 Å². The molecule has 0 aliphatic heterocycles. The maximum atomic E-state index is 13.7. The van der Waals surface area contributed by atoms with Crippen molar-refractivity contribution in [3.8, 4) is 5.75 Å². The van der Waals surface area contributed by atoms with Gasteiger partial charge in [-0.1, -0.05) is 44.2 Å². The summed E-state index contributed by atoms with van der Waals surface area (Å²) in [6.07, 6.45) is 0.746. The van der Waals surface area contributed by atoms with Gasteiger partial charge in [0.25, 0.3) is 0 Å². The van der Waals surface area contributed by atoms with Crippen molar-refractivity contribution >= 4 is 5.91 Å². The number of aryl methyl sites for hydroxylation is 1. The van der Waals surface area contributed by atoms with Crippen molar-refractivity contribution < 1.29 is 13.9 Å². The summed E-state index contributed by atoms with van der Waals surface area (Å²) >= 11 is 0. The average molecular weight is 358 g/mol. The van der Waals surface area contributed by atoms with Gasteiger partial charge >= 0.3 is 0 Å². The van der Waals surface area contributed by atoms with E-state index in [1.54, 1.807) is 12.1 Å². The number of carbonyl (C=O) groups is 1. The number of amides is 1. The number of methoxy groups -OCH3 is 1. The molecule has 0 heterocycles. The number of nitrogens with two attached hydrogens (primary N) is 1. The van der Waals surface area contributed by atoms with Gasteiger partial charge in [0.15, 0.2) is 11.6 Å². The Bertz CT molecular complexity index is 729. The van der Waals surface area contributed by atoms with Crippen LogP contribution in [0.3, 0.4) is 0 Å². The molecule has 0 bridgehead atoms. The molecule has 5 heteroatoms. The highest BCUT2D eigenvalue weighted by atomic mass is 19.1. The Morgan fingerprint density at radius 2 is 1.81 bits per heavy atom. The van der Waals surface area contributed by atoms with Crippen LogP contribution in [0.2, 0.25) is 0 Å². The lowest BCUT2D eigenvalue weighted by atomic mass is 9.99. The van der Waals surface area contributed by atoms with Crippen LogP contribution in [-0.4, -0.2) is 19.6 Å². The summed E-state index contributed by atoms with van der Waals surface area (Å²) in [7, 11) is 1.42. The van der Waals surface area contributed by atoms with E-state index in [1.165, 1.54) is 18.7 Å². The van der Waals surface area contributed by atoms with Crippen LogP contribution >= 0.6 is 0 Å². The second-order valence-electron chi connectivity index (χ2n) is 6.70. The molecule has 0 aliphatic carbocycles. The summed E-state index contributed by atoms with van der Waals surface area (Å²) in [6, 6.07) is 12.6. The summed E-state index contributed by atoms with van der Waals surface area (Å²) in [4.78, 5) is 12.0. The molecule has 1 unspecified atom stereocenters. The van der Waals surface area contributed by atoms with Crippen molar-refractivity contribution in [2.75, 3.05) is 13.7 Å². The van der Waals surface area contributed by atoms with Gasteiger partial charge < -0.3 is 15.8 Å². The zero-order valence-corrected chi connectivity index (χ0v) is 15.6. The third-order valence-corrected chi connectivity index (χ3v) is 4.41. The maximum absolute atomic E-state index is 13.7. The third kappa shape index (κ3) is 5.56. The van der Waals surface area contributed by atoms with Crippen LogP contribution in [0, 0.1) is 5.82 Å². The van der Waals surface area contributed by atoms with Gasteiger partial charge in [-0.05, 0) is 41.2 Å². The Balaban J connectivity index is 1.79. The predicted octanol–water partition coefficient (Wildman–Crippen LogP) is 3.71. The molecular weight excluding hydrogens is 331 g/mol. The van der Waals surface area contributed by atoms with Crippen molar-refractivity contribution in [1.82, 2.24) is 5.32 Å². The Hall–Kier alpha value is -2.40. The molecule has 0 aromatic heterocycles. The number of benzene rings is 2. The number of ether oxygens (including phenoxy) is 1. The summed E-state index contributed by atoms with van der Waals surface area (Å²) in [6.45, 7) is 4.66. The predicted molar refractivity (Wildman–Crippen MR) is 102 cm³/mol. The number of halogens is 1. The summed E-state index contributed by atoms with van der Waals surface area (Å²) in [5, 5.41) is 2.84. The molecule has 0 spiro atoms. The summed E-state index contributed by atoms with van der Waals surface area (Å²) in [5.74, 6) is 0.156. The number of rotatable bonds is 8. The van der Waals surface area contributed by atoms with Crippen LogP contribution in [-0.2, 0) is 11.2 Å². The van der Waals surface area contributed by atoms with E-state index in [9.17, 15) is 9.18 Å². The smallest absolute Gasteiger partial charge is 0.220 e. The van der Waals surface area contributed by atoms with Crippen LogP contribution in [0.5, 0.6) is 5.75 Å². The molecule has 0 radical (unpaired) electrons. The fraction of sp³-hybridized carbons (Fsp3) is 0.381. The van der Waals surface area contributed by atoms with E-state index >= 15 is 0 Å². The van der Waals surface area contributed by atoms with E-state index in [0.717, 1.165) is 11.1 Å². The lowest BCUT2D eigenvalue weighted by molar-refractivity contribution is -0.121. The van der Waals surface area contributed by atoms with Gasteiger partial charge in [-0.25, -0.2) is 4.39 Å².